The summed E-state index contributed by atoms with van der Waals surface area (Å²) in [6, 6.07) is 20.8. The van der Waals surface area contributed by atoms with Gasteiger partial charge in [0.2, 0.25) is 0 Å². The maximum atomic E-state index is 13.6. The average molecular weight is 474 g/mol. The Balaban J connectivity index is 0.000000471. The van der Waals surface area contributed by atoms with Crippen LogP contribution < -0.4 is 0 Å². The molecule has 33 heavy (non-hydrogen) atoms. The number of likely N-dealkylation sites (N-methyl/N-ethyl adjacent to an activating group) is 1. The Labute approximate surface area is 195 Å². The minimum atomic E-state index is -3.92. The number of benzene rings is 2. The number of carbonyl (C=O) groups is 1. The van der Waals surface area contributed by atoms with E-state index < -0.39 is 15.5 Å². The zero-order valence-corrected chi connectivity index (χ0v) is 20.2. The van der Waals surface area contributed by atoms with Crippen LogP contribution >= 0.6 is 0 Å². The number of morpholine rings is 1. The molecule has 0 aromatic heterocycles. The second-order valence-electron chi connectivity index (χ2n) is 9.89. The predicted molar refractivity (Wildman–Crippen MR) is 122 cm³/mol. The molecule has 4 unspecified atom stereocenters. The third-order valence-electron chi connectivity index (χ3n) is 7.42. The number of epoxide rings is 1. The van der Waals surface area contributed by atoms with Crippen molar-refractivity contribution < 1.29 is 31.7 Å². The van der Waals surface area contributed by atoms with Gasteiger partial charge in [-0.3, -0.25) is 4.79 Å². The molecule has 8 heteroatoms. The predicted octanol–water partition coefficient (Wildman–Crippen LogP) is 2.45. The van der Waals surface area contributed by atoms with Gasteiger partial charge in [-0.05, 0) is 18.1 Å². The van der Waals surface area contributed by atoms with Gasteiger partial charge in [-0.25, -0.2) is 8.42 Å². The number of rotatable bonds is 4. The molecule has 3 heterocycles. The van der Waals surface area contributed by atoms with Crippen LogP contribution in [0.4, 0.5) is 0 Å². The van der Waals surface area contributed by atoms with Gasteiger partial charge in [0, 0.05) is 19.1 Å². The van der Waals surface area contributed by atoms with Gasteiger partial charge in [0.05, 0.1) is 24.2 Å². The summed E-state index contributed by atoms with van der Waals surface area (Å²) in [7, 11) is 0.669. The van der Waals surface area contributed by atoms with E-state index in [9.17, 15) is 4.79 Å². The van der Waals surface area contributed by atoms with Crippen LogP contribution in [-0.2, 0) is 29.8 Å². The Hall–Kier alpha value is -2.26. The SMILES string of the molecule is CC(C(=O)OC1CC2C3OC3C(C1)[N+]2(C)C)(c1ccccc1)c1ccccc1.CS(=O)(=O)[O-]. The Kier molecular flexibility index (Phi) is 6.16. The van der Waals surface area contributed by atoms with Crippen LogP contribution in [0.2, 0.25) is 0 Å². The van der Waals surface area contributed by atoms with Crippen molar-refractivity contribution >= 4 is 16.1 Å². The van der Waals surface area contributed by atoms with Gasteiger partial charge < -0.3 is 18.5 Å². The number of nitrogens with zero attached hydrogens (tertiary/aromatic N) is 1. The molecular weight excluding hydrogens is 442 g/mol. The molecule has 2 bridgehead atoms. The van der Waals surface area contributed by atoms with Crippen LogP contribution in [0.3, 0.4) is 0 Å². The monoisotopic (exact) mass is 473 g/mol. The summed E-state index contributed by atoms with van der Waals surface area (Å²) in [6.45, 7) is 1.98. The number of quaternary nitrogens is 1. The Morgan fingerprint density at radius 3 is 1.76 bits per heavy atom. The molecule has 2 aromatic carbocycles. The second kappa shape index (κ2) is 8.51. The summed E-state index contributed by atoms with van der Waals surface area (Å²) >= 11 is 0. The Morgan fingerprint density at radius 1 is 0.970 bits per heavy atom. The molecule has 4 atom stereocenters. The van der Waals surface area contributed by atoms with E-state index in [1.807, 2.05) is 67.6 Å². The Bertz CT molecular complexity index is 1030. The molecule has 3 aliphatic rings. The van der Waals surface area contributed by atoms with Crippen molar-refractivity contribution in [2.45, 2.75) is 55.6 Å². The quantitative estimate of drug-likeness (QED) is 0.293. The lowest BCUT2D eigenvalue weighted by molar-refractivity contribution is -0.938. The summed E-state index contributed by atoms with van der Waals surface area (Å²) in [5.41, 5.74) is 1.11. The number of piperidine rings is 1. The molecule has 2 aromatic rings. The third kappa shape index (κ3) is 4.71. The normalized spacial score (nSPS) is 29.3. The standard InChI is InChI=1S/C24H28NO3.CH4O3S/c1-24(16-10-6-4-7-11-16,17-12-8-5-9-13-17)23(26)27-18-14-19-21-22(28-21)20(15-18)25(19,2)3;1-5(2,3)4/h4-13,18-22H,14-15H2,1-3H3;1H3,(H,2,3,4)/q+1;/p-1. The van der Waals surface area contributed by atoms with E-state index in [0.29, 0.717) is 30.5 Å². The lowest BCUT2D eigenvalue weighted by Crippen LogP contribution is -2.60. The van der Waals surface area contributed by atoms with Crippen molar-refractivity contribution in [1.29, 1.82) is 0 Å². The largest absolute Gasteiger partial charge is 0.748 e. The van der Waals surface area contributed by atoms with Crippen LogP contribution in [0.25, 0.3) is 0 Å². The molecule has 3 saturated heterocycles. The first-order valence-electron chi connectivity index (χ1n) is 11.1. The maximum absolute atomic E-state index is 13.6. The lowest BCUT2D eigenvalue weighted by Gasteiger charge is -2.45. The molecule has 3 fully saturated rings. The zero-order chi connectivity index (χ0) is 24.0. The van der Waals surface area contributed by atoms with E-state index in [2.05, 4.69) is 14.1 Å². The van der Waals surface area contributed by atoms with Crippen LogP contribution in [0.15, 0.2) is 60.7 Å². The van der Waals surface area contributed by atoms with Gasteiger partial charge in [-0.15, -0.1) is 0 Å². The molecule has 178 valence electrons. The van der Waals surface area contributed by atoms with E-state index in [1.54, 1.807) is 0 Å². The summed E-state index contributed by atoms with van der Waals surface area (Å²) in [5, 5.41) is 0. The number of esters is 1. The highest BCUT2D eigenvalue weighted by Crippen LogP contribution is 2.52. The van der Waals surface area contributed by atoms with Crippen molar-refractivity contribution in [3.05, 3.63) is 71.8 Å². The van der Waals surface area contributed by atoms with Crippen molar-refractivity contribution in [2.24, 2.45) is 0 Å². The van der Waals surface area contributed by atoms with Crippen molar-refractivity contribution in [3.63, 3.8) is 0 Å². The molecule has 0 radical (unpaired) electrons. The molecular formula is C25H31NO6S. The molecule has 3 aliphatic heterocycles. The van der Waals surface area contributed by atoms with Crippen molar-refractivity contribution in [2.75, 3.05) is 20.4 Å². The molecule has 0 spiro atoms. The van der Waals surface area contributed by atoms with E-state index in [1.165, 1.54) is 0 Å². The molecule has 0 amide bonds. The summed E-state index contributed by atoms with van der Waals surface area (Å²) in [6.07, 6.45) is 3.06. The number of carbonyl (C=O) groups excluding carboxylic acids is 1. The first-order chi connectivity index (χ1) is 15.4. The van der Waals surface area contributed by atoms with Crippen LogP contribution in [0.5, 0.6) is 0 Å². The third-order valence-corrected chi connectivity index (χ3v) is 7.42. The second-order valence-corrected chi connectivity index (χ2v) is 11.3. The molecule has 0 saturated carbocycles. The number of fused-ring (bicyclic) bond motifs is 5. The molecule has 0 N–H and O–H groups in total. The number of ether oxygens (including phenoxy) is 2. The molecule has 0 aliphatic carbocycles. The summed E-state index contributed by atoms with van der Waals surface area (Å²) < 4.78 is 40.3. The van der Waals surface area contributed by atoms with E-state index in [0.717, 1.165) is 28.5 Å². The number of hydrogen-bond donors (Lipinski definition) is 0. The van der Waals surface area contributed by atoms with Crippen molar-refractivity contribution in [3.8, 4) is 0 Å². The minimum absolute atomic E-state index is 0.0307. The van der Waals surface area contributed by atoms with Crippen LogP contribution in [0, 0.1) is 0 Å². The minimum Gasteiger partial charge on any atom is -0.748 e. The number of hydrogen-bond acceptors (Lipinski definition) is 6. The summed E-state index contributed by atoms with van der Waals surface area (Å²) in [4.78, 5) is 13.6. The first kappa shape index (κ1) is 23.9. The highest BCUT2D eigenvalue weighted by molar-refractivity contribution is 7.84. The first-order valence-corrected chi connectivity index (χ1v) is 13.0. The Morgan fingerprint density at radius 2 is 1.36 bits per heavy atom. The highest BCUT2D eigenvalue weighted by Gasteiger charge is 2.70. The fourth-order valence-corrected chi connectivity index (χ4v) is 5.52. The van der Waals surface area contributed by atoms with Crippen LogP contribution in [-0.4, -0.2) is 74.2 Å². The average Bonchev–Trinajstić information content (AvgIpc) is 3.52. The van der Waals surface area contributed by atoms with Gasteiger partial charge in [-0.2, -0.15) is 0 Å². The maximum Gasteiger partial charge on any atom is 0.321 e. The van der Waals surface area contributed by atoms with Gasteiger partial charge in [0.25, 0.3) is 0 Å². The van der Waals surface area contributed by atoms with Crippen LogP contribution in [0.1, 0.15) is 30.9 Å². The fraction of sp³-hybridized carbons (Fsp3) is 0.480. The zero-order valence-electron chi connectivity index (χ0n) is 19.4. The molecule has 7 nitrogen and oxygen atoms in total. The lowest BCUT2D eigenvalue weighted by atomic mass is 9.76. The highest BCUT2D eigenvalue weighted by atomic mass is 32.2. The molecule has 5 rings (SSSR count). The summed E-state index contributed by atoms with van der Waals surface area (Å²) in [5.74, 6) is -0.156. The van der Waals surface area contributed by atoms with Gasteiger partial charge in [0.1, 0.15) is 35.8 Å². The van der Waals surface area contributed by atoms with Crippen molar-refractivity contribution in [1.82, 2.24) is 0 Å². The van der Waals surface area contributed by atoms with Gasteiger partial charge in [0.15, 0.2) is 0 Å². The van der Waals surface area contributed by atoms with E-state index in [-0.39, 0.29) is 12.1 Å². The fourth-order valence-electron chi connectivity index (χ4n) is 5.52. The van der Waals surface area contributed by atoms with Gasteiger partial charge >= 0.3 is 5.97 Å². The van der Waals surface area contributed by atoms with E-state index in [4.69, 9.17) is 22.4 Å². The smallest absolute Gasteiger partial charge is 0.321 e. The van der Waals surface area contributed by atoms with E-state index >= 15 is 0 Å². The topological polar surface area (TPSA) is 96.0 Å². The van der Waals surface area contributed by atoms with Gasteiger partial charge in [-0.1, -0.05) is 60.7 Å².